The van der Waals surface area contributed by atoms with Crippen LogP contribution in [0.5, 0.6) is 5.75 Å². The predicted octanol–water partition coefficient (Wildman–Crippen LogP) is 5.99. The van der Waals surface area contributed by atoms with Gasteiger partial charge in [-0.1, -0.05) is 42.5 Å². The van der Waals surface area contributed by atoms with Crippen molar-refractivity contribution in [3.8, 4) is 5.75 Å². The van der Waals surface area contributed by atoms with Crippen molar-refractivity contribution < 1.29 is 14.3 Å². The molecule has 0 atom stereocenters. The number of pyridine rings is 1. The molecule has 0 bridgehead atoms. The van der Waals surface area contributed by atoms with Gasteiger partial charge in [0.2, 0.25) is 0 Å². The van der Waals surface area contributed by atoms with E-state index < -0.39 is 11.8 Å². The summed E-state index contributed by atoms with van der Waals surface area (Å²) in [6, 6.07) is 27.5. The summed E-state index contributed by atoms with van der Waals surface area (Å²) >= 11 is 0. The van der Waals surface area contributed by atoms with Gasteiger partial charge in [-0.2, -0.15) is 0 Å². The highest BCUT2D eigenvalue weighted by Gasteiger charge is 2.28. The maximum Gasteiger partial charge on any atom is 0.265 e. The first-order valence-electron chi connectivity index (χ1n) is 10.2. The number of methoxy groups -OCH3 is 1. The number of nitrogens with zero attached hydrogens (tertiary/aromatic N) is 4. The van der Waals surface area contributed by atoms with Crippen LogP contribution in [0.1, 0.15) is 20.7 Å². The Kier molecular flexibility index (Phi) is 6.61. The summed E-state index contributed by atoms with van der Waals surface area (Å²) in [6.45, 7) is 0. The largest absolute Gasteiger partial charge is 0.494 e. The number of hydrogen-bond donors (Lipinski definition) is 0. The maximum absolute atomic E-state index is 13.4. The lowest BCUT2D eigenvalue weighted by molar-refractivity contribution is 0.0896. The summed E-state index contributed by atoms with van der Waals surface area (Å²) in [5.41, 5.74) is 1.54. The molecule has 0 aliphatic rings. The van der Waals surface area contributed by atoms with Gasteiger partial charge < -0.3 is 4.74 Å². The number of ether oxygens (including phenoxy) is 1. The molecule has 0 unspecified atom stereocenters. The molecule has 7 nitrogen and oxygen atoms in total. The van der Waals surface area contributed by atoms with E-state index >= 15 is 0 Å². The van der Waals surface area contributed by atoms with Gasteiger partial charge in [-0.15, -0.1) is 10.2 Å². The van der Waals surface area contributed by atoms with Crippen LogP contribution in [0.4, 0.5) is 17.2 Å². The number of aromatic nitrogens is 1. The van der Waals surface area contributed by atoms with Gasteiger partial charge >= 0.3 is 0 Å². The number of amides is 2. The summed E-state index contributed by atoms with van der Waals surface area (Å²) in [5.74, 6) is -0.169. The number of imide groups is 1. The lowest BCUT2D eigenvalue weighted by Gasteiger charge is -2.23. The first kappa shape index (κ1) is 21.6. The van der Waals surface area contributed by atoms with Crippen molar-refractivity contribution in [3.05, 3.63) is 114 Å². The minimum atomic E-state index is -0.467. The Bertz CT molecular complexity index is 1230. The van der Waals surface area contributed by atoms with Crippen molar-refractivity contribution >= 4 is 29.0 Å². The van der Waals surface area contributed by atoms with E-state index in [2.05, 4.69) is 15.2 Å². The third-order valence-corrected chi connectivity index (χ3v) is 4.77. The van der Waals surface area contributed by atoms with Crippen LogP contribution in [-0.4, -0.2) is 23.9 Å². The van der Waals surface area contributed by atoms with Crippen molar-refractivity contribution in [2.45, 2.75) is 0 Å². The summed E-state index contributed by atoms with van der Waals surface area (Å²) in [7, 11) is 1.47. The van der Waals surface area contributed by atoms with Crippen LogP contribution in [0, 0.1) is 0 Å². The second kappa shape index (κ2) is 10.1. The van der Waals surface area contributed by atoms with E-state index in [1.807, 2.05) is 18.2 Å². The van der Waals surface area contributed by atoms with Crippen LogP contribution in [0.15, 0.2) is 113 Å². The van der Waals surface area contributed by atoms with Crippen molar-refractivity contribution in [2.75, 3.05) is 12.0 Å². The van der Waals surface area contributed by atoms with Gasteiger partial charge in [0.1, 0.15) is 5.75 Å². The van der Waals surface area contributed by atoms with Crippen molar-refractivity contribution in [3.63, 3.8) is 0 Å². The zero-order chi connectivity index (χ0) is 23.0. The van der Waals surface area contributed by atoms with Gasteiger partial charge in [0.05, 0.1) is 18.5 Å². The van der Waals surface area contributed by atoms with Crippen LogP contribution in [0.2, 0.25) is 0 Å². The van der Waals surface area contributed by atoms with Crippen molar-refractivity contribution in [1.82, 2.24) is 4.98 Å². The Hall–Kier alpha value is -4.65. The molecule has 0 saturated heterocycles. The number of hydrogen-bond acceptors (Lipinski definition) is 6. The Morgan fingerprint density at radius 1 is 0.758 bits per heavy atom. The van der Waals surface area contributed by atoms with Gasteiger partial charge in [-0.25, -0.2) is 9.88 Å². The van der Waals surface area contributed by atoms with Gasteiger partial charge in [0, 0.05) is 23.4 Å². The molecule has 1 heterocycles. The van der Waals surface area contributed by atoms with Crippen molar-refractivity contribution in [2.24, 2.45) is 10.2 Å². The van der Waals surface area contributed by atoms with Gasteiger partial charge in [-0.05, 0) is 48.5 Å². The van der Waals surface area contributed by atoms with E-state index in [-0.39, 0.29) is 0 Å². The van der Waals surface area contributed by atoms with Crippen LogP contribution in [0.3, 0.4) is 0 Å². The molecule has 33 heavy (non-hydrogen) atoms. The van der Waals surface area contributed by atoms with Gasteiger partial charge in [0.25, 0.3) is 11.8 Å². The second-order valence-electron chi connectivity index (χ2n) is 6.92. The molecule has 0 aliphatic heterocycles. The average Bonchev–Trinajstić information content (AvgIpc) is 2.89. The normalized spacial score (nSPS) is 10.7. The second-order valence-corrected chi connectivity index (χ2v) is 6.92. The molecule has 3 aromatic carbocycles. The average molecular weight is 436 g/mol. The Balaban J connectivity index is 1.75. The van der Waals surface area contributed by atoms with Crippen LogP contribution in [0.25, 0.3) is 0 Å². The molecule has 7 heteroatoms. The topological polar surface area (TPSA) is 84.2 Å². The molecule has 2 amide bonds. The fourth-order valence-electron chi connectivity index (χ4n) is 3.17. The minimum Gasteiger partial charge on any atom is -0.494 e. The van der Waals surface area contributed by atoms with E-state index in [1.54, 1.807) is 85.1 Å². The Morgan fingerprint density at radius 2 is 1.36 bits per heavy atom. The highest BCUT2D eigenvalue weighted by atomic mass is 16.5. The number of rotatable bonds is 6. The first-order valence-corrected chi connectivity index (χ1v) is 10.2. The van der Waals surface area contributed by atoms with Gasteiger partial charge in [-0.3, -0.25) is 9.59 Å². The van der Waals surface area contributed by atoms with E-state index in [0.29, 0.717) is 34.1 Å². The summed E-state index contributed by atoms with van der Waals surface area (Å²) in [5, 5.41) is 8.29. The molecule has 0 saturated carbocycles. The summed E-state index contributed by atoms with van der Waals surface area (Å²) < 4.78 is 5.53. The van der Waals surface area contributed by atoms with E-state index in [9.17, 15) is 9.59 Å². The van der Waals surface area contributed by atoms with E-state index in [0.717, 1.165) is 4.90 Å². The Morgan fingerprint density at radius 3 is 1.91 bits per heavy atom. The molecule has 162 valence electrons. The molecule has 1 aromatic heterocycles. The molecule has 0 N–H and O–H groups in total. The third-order valence-electron chi connectivity index (χ3n) is 4.77. The molecule has 0 radical (unpaired) electrons. The van der Waals surface area contributed by atoms with E-state index in [1.165, 1.54) is 7.11 Å². The van der Waals surface area contributed by atoms with Crippen molar-refractivity contribution in [1.29, 1.82) is 0 Å². The lowest BCUT2D eigenvalue weighted by atomic mass is 10.1. The minimum absolute atomic E-state index is 0.303. The fraction of sp³-hybridized carbons (Fsp3) is 0.0385. The third kappa shape index (κ3) is 4.99. The summed E-state index contributed by atoms with van der Waals surface area (Å²) in [4.78, 5) is 32.1. The Labute approximate surface area is 191 Å². The first-order chi connectivity index (χ1) is 16.2. The van der Waals surface area contributed by atoms with E-state index in [4.69, 9.17) is 4.74 Å². The highest BCUT2D eigenvalue weighted by molar-refractivity contribution is 6.26. The molecule has 0 aliphatic carbocycles. The van der Waals surface area contributed by atoms with Gasteiger partial charge in [0.15, 0.2) is 5.82 Å². The smallest absolute Gasteiger partial charge is 0.265 e. The monoisotopic (exact) mass is 436 g/mol. The number of carbonyl (C=O) groups excluding carboxylic acids is 2. The molecule has 0 fully saturated rings. The predicted molar refractivity (Wildman–Crippen MR) is 125 cm³/mol. The van der Waals surface area contributed by atoms with Crippen LogP contribution >= 0.6 is 0 Å². The quantitative estimate of drug-likeness (QED) is 0.274. The SMILES string of the molecule is COc1cc(/N=N/c2ccccn2)ccc1N(C(=O)c1ccccc1)C(=O)c1ccccc1. The fourth-order valence-corrected chi connectivity index (χ4v) is 3.17. The number of carbonyl (C=O) groups is 2. The zero-order valence-corrected chi connectivity index (χ0v) is 17.8. The standard InChI is InChI=1S/C26H20N4O3/c1-33-23-18-21(28-29-24-14-8-9-17-27-24)15-16-22(23)30(25(31)19-10-4-2-5-11-19)26(32)20-12-6-3-7-13-20/h2-18H,1H3/b29-28+. The molecule has 4 aromatic rings. The molecular formula is C26H20N4O3. The zero-order valence-electron chi connectivity index (χ0n) is 17.8. The maximum atomic E-state index is 13.4. The summed E-state index contributed by atoms with van der Waals surface area (Å²) in [6.07, 6.45) is 1.63. The lowest BCUT2D eigenvalue weighted by Crippen LogP contribution is -2.37. The van der Waals surface area contributed by atoms with Crippen LogP contribution < -0.4 is 9.64 Å². The highest BCUT2D eigenvalue weighted by Crippen LogP contribution is 2.34. The number of anilines is 1. The number of azo groups is 1. The number of benzene rings is 3. The molecule has 4 rings (SSSR count). The molecule has 0 spiro atoms. The molecular weight excluding hydrogens is 416 g/mol. The van der Waals surface area contributed by atoms with Crippen LogP contribution in [-0.2, 0) is 0 Å².